The molecule has 0 aromatic carbocycles. The van der Waals surface area contributed by atoms with Crippen molar-refractivity contribution in [2.75, 3.05) is 13.2 Å². The second-order valence-corrected chi connectivity index (χ2v) is 20.0. The van der Waals surface area contributed by atoms with Crippen LogP contribution in [0, 0.1) is 0 Å². The van der Waals surface area contributed by atoms with Crippen LogP contribution in [0.2, 0.25) is 0 Å². The lowest BCUT2D eigenvalue weighted by Crippen LogP contribution is -2.45. The fourth-order valence-corrected chi connectivity index (χ4v) is 8.90. The predicted molar refractivity (Wildman–Crippen MR) is 287 cm³/mol. The molecule has 0 aliphatic carbocycles. The van der Waals surface area contributed by atoms with Crippen LogP contribution in [-0.2, 0) is 14.3 Å². The van der Waals surface area contributed by atoms with Gasteiger partial charge in [-0.1, -0.05) is 249 Å². The topological polar surface area (TPSA) is 95.9 Å². The van der Waals surface area contributed by atoms with Crippen LogP contribution in [-0.4, -0.2) is 47.4 Å². The van der Waals surface area contributed by atoms with Gasteiger partial charge in [-0.05, 0) is 83.5 Å². The molecule has 6 heteroatoms. The fourth-order valence-electron chi connectivity index (χ4n) is 8.90. The van der Waals surface area contributed by atoms with Crippen LogP contribution in [0.4, 0.5) is 0 Å². The molecular weight excluding hydrogens is 815 g/mol. The number of aliphatic hydroxyl groups is 2. The van der Waals surface area contributed by atoms with Gasteiger partial charge in [0.2, 0.25) is 5.91 Å². The van der Waals surface area contributed by atoms with E-state index in [0.29, 0.717) is 25.9 Å². The zero-order valence-electron chi connectivity index (χ0n) is 44.2. The lowest BCUT2D eigenvalue weighted by atomic mass is 10.0. The van der Waals surface area contributed by atoms with E-state index in [1.165, 1.54) is 225 Å². The number of allylic oxidation sites excluding steroid dienone is 6. The third kappa shape index (κ3) is 51.5. The monoisotopic (exact) mass is 928 g/mol. The smallest absolute Gasteiger partial charge is 0.305 e. The second kappa shape index (κ2) is 55.7. The molecule has 2 atom stereocenters. The Balaban J connectivity index is 3.44. The number of ether oxygens (including phenoxy) is 1. The summed E-state index contributed by atoms with van der Waals surface area (Å²) in [6.45, 7) is 4.91. The van der Waals surface area contributed by atoms with E-state index in [-0.39, 0.29) is 18.5 Å². The predicted octanol–water partition coefficient (Wildman–Crippen LogP) is 18.0. The largest absolute Gasteiger partial charge is 0.466 e. The number of unbranched alkanes of at least 4 members (excludes halogenated alkanes) is 37. The first-order valence-corrected chi connectivity index (χ1v) is 29.2. The molecule has 0 aliphatic heterocycles. The molecule has 0 heterocycles. The van der Waals surface area contributed by atoms with Gasteiger partial charge in [-0.15, -0.1) is 0 Å². The number of esters is 1. The summed E-state index contributed by atoms with van der Waals surface area (Å²) in [4.78, 5) is 24.5. The van der Waals surface area contributed by atoms with Gasteiger partial charge in [0.1, 0.15) is 0 Å². The minimum absolute atomic E-state index is 0.00791. The first-order chi connectivity index (χ1) is 32.5. The van der Waals surface area contributed by atoms with Crippen LogP contribution in [0.5, 0.6) is 0 Å². The van der Waals surface area contributed by atoms with Crippen molar-refractivity contribution >= 4 is 11.9 Å². The van der Waals surface area contributed by atoms with Gasteiger partial charge in [-0.25, -0.2) is 0 Å². The minimum atomic E-state index is -0.670. The van der Waals surface area contributed by atoms with E-state index < -0.39 is 12.1 Å². The fraction of sp³-hybridized carbons (Fsp3) is 0.867. The molecule has 1 amide bonds. The average molecular weight is 929 g/mol. The Kier molecular flexibility index (Phi) is 54.1. The highest BCUT2D eigenvalue weighted by Crippen LogP contribution is 2.17. The van der Waals surface area contributed by atoms with Gasteiger partial charge in [-0.3, -0.25) is 9.59 Å². The molecule has 0 radical (unpaired) electrons. The summed E-state index contributed by atoms with van der Waals surface area (Å²) in [5, 5.41) is 23.2. The summed E-state index contributed by atoms with van der Waals surface area (Å²) in [6, 6.07) is -0.548. The Morgan fingerprint density at radius 3 is 1.20 bits per heavy atom. The molecule has 66 heavy (non-hydrogen) atoms. The number of hydrogen-bond donors (Lipinski definition) is 3. The standard InChI is InChI=1S/C60H113NO5/c1-3-5-7-9-11-13-15-17-25-30-34-38-42-46-50-54-60(65)66-55-51-47-43-39-35-31-27-24-22-20-19-21-23-26-29-33-37-41-45-49-53-59(64)61-57(56-62)58(63)52-48-44-40-36-32-28-18-16-14-12-10-8-6-4-2/h11,13,17,19,21,25,57-58,62-63H,3-10,12,14-16,18,20,22-24,26-56H2,1-2H3,(H,61,64)/b13-11-,21-19-,25-17-. The molecule has 0 saturated carbocycles. The number of aliphatic hydroxyl groups excluding tert-OH is 2. The quantitative estimate of drug-likeness (QED) is 0.0321. The number of carbonyl (C=O) groups is 2. The number of hydrogen-bond acceptors (Lipinski definition) is 5. The maximum absolute atomic E-state index is 12.5. The van der Waals surface area contributed by atoms with Gasteiger partial charge < -0.3 is 20.3 Å². The van der Waals surface area contributed by atoms with Crippen LogP contribution >= 0.6 is 0 Å². The molecule has 6 nitrogen and oxygen atoms in total. The van der Waals surface area contributed by atoms with Gasteiger partial charge in [0.15, 0.2) is 0 Å². The molecular formula is C60H113NO5. The van der Waals surface area contributed by atoms with E-state index in [9.17, 15) is 19.8 Å². The normalized spacial score (nSPS) is 12.8. The molecule has 2 unspecified atom stereocenters. The summed E-state index contributed by atoms with van der Waals surface area (Å²) in [5.41, 5.74) is 0. The summed E-state index contributed by atoms with van der Waals surface area (Å²) in [7, 11) is 0. The average Bonchev–Trinajstić information content (AvgIpc) is 3.32. The van der Waals surface area contributed by atoms with E-state index >= 15 is 0 Å². The van der Waals surface area contributed by atoms with E-state index in [1.807, 2.05) is 0 Å². The molecule has 0 aliphatic rings. The van der Waals surface area contributed by atoms with Crippen molar-refractivity contribution in [1.29, 1.82) is 0 Å². The van der Waals surface area contributed by atoms with Crippen LogP contribution in [0.25, 0.3) is 0 Å². The Hall–Kier alpha value is -1.92. The molecule has 388 valence electrons. The van der Waals surface area contributed by atoms with E-state index in [1.54, 1.807) is 0 Å². The molecule has 0 fully saturated rings. The lowest BCUT2D eigenvalue weighted by Gasteiger charge is -2.22. The summed E-state index contributed by atoms with van der Waals surface area (Å²) < 4.78 is 5.47. The highest BCUT2D eigenvalue weighted by atomic mass is 16.5. The number of rotatable bonds is 54. The van der Waals surface area contributed by atoms with Gasteiger partial charge in [0, 0.05) is 12.8 Å². The minimum Gasteiger partial charge on any atom is -0.466 e. The Morgan fingerprint density at radius 1 is 0.424 bits per heavy atom. The molecule has 0 saturated heterocycles. The van der Waals surface area contributed by atoms with Gasteiger partial charge in [0.25, 0.3) is 0 Å². The Morgan fingerprint density at radius 2 is 0.758 bits per heavy atom. The Bertz CT molecular complexity index is 1070. The maximum Gasteiger partial charge on any atom is 0.305 e. The number of carbonyl (C=O) groups excluding carboxylic acids is 2. The summed E-state index contributed by atoms with van der Waals surface area (Å²) >= 11 is 0. The van der Waals surface area contributed by atoms with Crippen molar-refractivity contribution in [1.82, 2.24) is 5.32 Å². The van der Waals surface area contributed by atoms with Crippen molar-refractivity contribution in [3.63, 3.8) is 0 Å². The SMILES string of the molecule is CCCCC/C=C\C/C=C\CCCCCCCC(=O)OCCCCCCCCCCC/C=C\CCCCCCCCCC(=O)NC(CO)C(O)CCCCCCCCCCCCCCCC. The van der Waals surface area contributed by atoms with Crippen LogP contribution < -0.4 is 5.32 Å². The lowest BCUT2D eigenvalue weighted by molar-refractivity contribution is -0.143. The molecule has 0 rings (SSSR count). The first-order valence-electron chi connectivity index (χ1n) is 29.2. The highest BCUT2D eigenvalue weighted by molar-refractivity contribution is 5.76. The van der Waals surface area contributed by atoms with Gasteiger partial charge >= 0.3 is 5.97 Å². The molecule has 0 aromatic heterocycles. The zero-order chi connectivity index (χ0) is 47.9. The molecule has 0 aromatic rings. The molecule has 3 N–H and O–H groups in total. The van der Waals surface area contributed by atoms with Gasteiger partial charge in [-0.2, -0.15) is 0 Å². The molecule has 0 bridgehead atoms. The van der Waals surface area contributed by atoms with Crippen molar-refractivity contribution in [2.24, 2.45) is 0 Å². The van der Waals surface area contributed by atoms with E-state index in [0.717, 1.165) is 51.4 Å². The third-order valence-corrected chi connectivity index (χ3v) is 13.4. The van der Waals surface area contributed by atoms with Crippen molar-refractivity contribution < 1.29 is 24.5 Å². The van der Waals surface area contributed by atoms with E-state index in [4.69, 9.17) is 4.74 Å². The first kappa shape index (κ1) is 64.1. The summed E-state index contributed by atoms with van der Waals surface area (Å²) in [6.07, 6.45) is 68.5. The van der Waals surface area contributed by atoms with Crippen LogP contribution in [0.1, 0.15) is 309 Å². The zero-order valence-corrected chi connectivity index (χ0v) is 44.2. The molecule has 0 spiro atoms. The van der Waals surface area contributed by atoms with E-state index in [2.05, 4.69) is 55.6 Å². The highest BCUT2D eigenvalue weighted by Gasteiger charge is 2.20. The van der Waals surface area contributed by atoms with Crippen molar-refractivity contribution in [3.8, 4) is 0 Å². The number of amides is 1. The van der Waals surface area contributed by atoms with Crippen LogP contribution in [0.3, 0.4) is 0 Å². The van der Waals surface area contributed by atoms with Crippen molar-refractivity contribution in [2.45, 2.75) is 321 Å². The third-order valence-electron chi connectivity index (χ3n) is 13.4. The maximum atomic E-state index is 12.5. The van der Waals surface area contributed by atoms with Crippen LogP contribution in [0.15, 0.2) is 36.5 Å². The van der Waals surface area contributed by atoms with Gasteiger partial charge in [0.05, 0.1) is 25.4 Å². The summed E-state index contributed by atoms with van der Waals surface area (Å²) in [5.74, 6) is -0.0514. The second-order valence-electron chi connectivity index (χ2n) is 20.0. The Labute approximate surface area is 411 Å². The number of nitrogens with one attached hydrogen (secondary N) is 1. The van der Waals surface area contributed by atoms with Crippen molar-refractivity contribution in [3.05, 3.63) is 36.5 Å².